The fourth-order valence-electron chi connectivity index (χ4n) is 12.4. The minimum Gasteiger partial charge on any atom is 0 e. The quantitative estimate of drug-likeness (QED) is 0.224. The van der Waals surface area contributed by atoms with E-state index in [0.717, 1.165) is 47.3 Å². The number of methoxy groups -OCH3 is 2. The zero-order chi connectivity index (χ0) is 32.4. The Labute approximate surface area is 364 Å². The van der Waals surface area contributed by atoms with Crippen LogP contribution >= 0.6 is 42.4 Å². The van der Waals surface area contributed by atoms with E-state index >= 15 is 0 Å². The molecule has 0 heterocycles. The summed E-state index contributed by atoms with van der Waals surface area (Å²) in [7, 11) is 3.68. The minimum atomic E-state index is -0.100. The Morgan fingerprint density at radius 3 is 1.75 bits per heavy atom. The molecule has 8 rings (SSSR count). The molecule has 0 amide bonds. The first-order valence-electron chi connectivity index (χ1n) is 18.7. The molecule has 262 valence electrons. The van der Waals surface area contributed by atoms with Crippen molar-refractivity contribution in [2.24, 2.45) is 46.3 Å². The van der Waals surface area contributed by atoms with Crippen LogP contribution in [0.1, 0.15) is 126 Å². The molecule has 2 aromatic carbocycles. The van der Waals surface area contributed by atoms with E-state index in [1.54, 1.807) is 25.8 Å². The minimum absolute atomic E-state index is 0. The molecule has 4 fully saturated rings. The van der Waals surface area contributed by atoms with Gasteiger partial charge in [0.25, 0.3) is 0 Å². The summed E-state index contributed by atoms with van der Waals surface area (Å²) < 4.78 is 14.5. The third-order valence-corrected chi connectivity index (χ3v) is 20.0. The first kappa shape index (κ1) is 40.9. The first-order valence-corrected chi connectivity index (χ1v) is 25.7. The van der Waals surface area contributed by atoms with Gasteiger partial charge in [0, 0.05) is 65.4 Å². The second kappa shape index (κ2) is 16.6. The van der Waals surface area contributed by atoms with E-state index in [2.05, 4.69) is 61.8 Å². The van der Waals surface area contributed by atoms with Crippen LogP contribution < -0.4 is 9.47 Å². The summed E-state index contributed by atoms with van der Waals surface area (Å²) in [4.78, 5) is 4.79. The maximum Gasteiger partial charge on any atom is 0 e. The predicted octanol–water partition coefficient (Wildman–Crippen LogP) is 11.4. The van der Waals surface area contributed by atoms with E-state index < -0.39 is 0 Å². The van der Waals surface area contributed by atoms with Crippen molar-refractivity contribution in [3.63, 3.8) is 0 Å². The molecule has 6 aliphatic carbocycles. The molecule has 10 atom stereocenters. The summed E-state index contributed by atoms with van der Waals surface area (Å²) in [5.74, 6) is 9.74. The van der Waals surface area contributed by atoms with Gasteiger partial charge in [-0.1, -0.05) is 0 Å². The Bertz CT molecular complexity index is 1410. The van der Waals surface area contributed by atoms with Crippen LogP contribution in [0.4, 0.5) is 0 Å². The number of fused-ring (bicyclic) bond motifs is 10. The second-order valence-electron chi connectivity index (χ2n) is 16.7. The van der Waals surface area contributed by atoms with Crippen LogP contribution in [0.2, 0.25) is 0 Å². The number of hydrogen-bond acceptors (Lipinski definition) is 2. The molecular formula is C42H62I2O2Y2. The number of ether oxygens (including phenoxy) is 2. The van der Waals surface area contributed by atoms with Crippen LogP contribution in [-0.4, -0.2) is 24.1 Å². The average Bonchev–Trinajstić information content (AvgIpc) is 3.56. The molecule has 2 nitrogen and oxygen atoms in total. The van der Waals surface area contributed by atoms with Gasteiger partial charge in [0.15, 0.2) is 0 Å². The maximum atomic E-state index is 5.67. The van der Waals surface area contributed by atoms with E-state index in [-0.39, 0.29) is 108 Å². The molecule has 0 bridgehead atoms. The molecule has 0 aliphatic heterocycles. The van der Waals surface area contributed by atoms with Gasteiger partial charge in [-0.05, 0) is 0 Å². The number of aryl methyl sites for hydroxylation is 1. The third-order valence-electron chi connectivity index (χ3n) is 15.4. The van der Waals surface area contributed by atoms with Crippen molar-refractivity contribution in [3.8, 4) is 11.5 Å². The molecule has 0 N–H and O–H groups in total. The molecule has 2 aromatic rings. The molecular weight excluding hydrogens is 968 g/mol. The standard InChI is InChI=1S/2C21H31IO.2Y/c1-13-5-9-18-16-6-7-17-14(15(16)11-12-21(13,18)2)8-10-19(23-4)20(17)22-3;1-13-5-8-18-16-7-6-14-11-20(23-4)19(22-3)12-17(14)15(16)9-10-21(13,18)2;;/h8,10,13,15-16,18,22H,5-7,9,11-12H2,1-4H3;11-13,15-16,18,22H,5-10H2,1-4H3;;/t2*13-,15?,16?,18?,21+;;/m00../s1. The van der Waals surface area contributed by atoms with Gasteiger partial charge in [-0.15, -0.1) is 0 Å². The summed E-state index contributed by atoms with van der Waals surface area (Å²) >= 11 is -0.196. The number of halogens is 2. The smallest absolute Gasteiger partial charge is 0 e. The molecule has 48 heavy (non-hydrogen) atoms. The second-order valence-corrected chi connectivity index (χ2v) is 21.4. The predicted molar refractivity (Wildman–Crippen MR) is 214 cm³/mol. The van der Waals surface area contributed by atoms with E-state index in [4.69, 9.17) is 9.47 Å². The van der Waals surface area contributed by atoms with Crippen LogP contribution in [0, 0.1) is 53.5 Å². The van der Waals surface area contributed by atoms with E-state index in [1.807, 2.05) is 14.2 Å². The van der Waals surface area contributed by atoms with Gasteiger partial charge in [-0.3, -0.25) is 0 Å². The van der Waals surface area contributed by atoms with E-state index in [1.165, 1.54) is 92.1 Å². The van der Waals surface area contributed by atoms with Gasteiger partial charge in [-0.25, -0.2) is 0 Å². The van der Waals surface area contributed by atoms with Crippen LogP contribution in [0.5, 0.6) is 11.5 Å². The van der Waals surface area contributed by atoms with Crippen molar-refractivity contribution >= 4 is 42.4 Å². The largest absolute Gasteiger partial charge is 0 e. The topological polar surface area (TPSA) is 18.5 Å². The SMILES string of the molecule is COc1cc2c(cc1[IH]C)C1CC[C@@]3(C)C(CC[C@@H]3C)C1CC2.COc1ccc2c(c1[IH]C)CCC1C2CC[C@@]2(C)C1CC[C@@H]2C.[Y].[Y]. The Balaban J connectivity index is 0.000000180. The third kappa shape index (κ3) is 6.91. The van der Waals surface area contributed by atoms with Gasteiger partial charge < -0.3 is 0 Å². The number of hydrogen-bond donors (Lipinski definition) is 0. The van der Waals surface area contributed by atoms with E-state index in [0.29, 0.717) is 10.8 Å². The Hall–Kier alpha value is 1.71. The van der Waals surface area contributed by atoms with Gasteiger partial charge in [0.1, 0.15) is 0 Å². The Morgan fingerprint density at radius 2 is 1.21 bits per heavy atom. The van der Waals surface area contributed by atoms with Crippen molar-refractivity contribution in [3.05, 3.63) is 53.7 Å². The summed E-state index contributed by atoms with van der Waals surface area (Å²) in [5, 5.41) is 0. The van der Waals surface area contributed by atoms with Crippen molar-refractivity contribution < 1.29 is 74.9 Å². The van der Waals surface area contributed by atoms with Crippen LogP contribution in [-0.2, 0) is 78.3 Å². The molecule has 2 radical (unpaired) electrons. The Kier molecular flexibility index (Phi) is 14.1. The Morgan fingerprint density at radius 1 is 0.646 bits per heavy atom. The molecule has 6 aliphatic rings. The molecule has 6 heteroatoms. The molecule has 6 unspecified atom stereocenters. The van der Waals surface area contributed by atoms with Gasteiger partial charge in [-0.2, -0.15) is 0 Å². The fraction of sp³-hybridized carbons (Fsp3) is 0.714. The summed E-state index contributed by atoms with van der Waals surface area (Å²) in [5.41, 5.74) is 7.99. The first-order chi connectivity index (χ1) is 22.2. The molecule has 0 aromatic heterocycles. The summed E-state index contributed by atoms with van der Waals surface area (Å²) in [6.07, 6.45) is 17.1. The monoisotopic (exact) mass is 1030 g/mol. The van der Waals surface area contributed by atoms with Crippen LogP contribution in [0.25, 0.3) is 0 Å². The van der Waals surface area contributed by atoms with Gasteiger partial charge >= 0.3 is 304 Å². The number of rotatable bonds is 4. The van der Waals surface area contributed by atoms with Crippen molar-refractivity contribution in [2.45, 2.75) is 117 Å². The normalized spacial score (nSPS) is 37.2. The van der Waals surface area contributed by atoms with Crippen molar-refractivity contribution in [1.29, 1.82) is 0 Å². The van der Waals surface area contributed by atoms with Gasteiger partial charge in [0.2, 0.25) is 0 Å². The van der Waals surface area contributed by atoms with Crippen molar-refractivity contribution in [1.82, 2.24) is 0 Å². The van der Waals surface area contributed by atoms with Crippen molar-refractivity contribution in [2.75, 3.05) is 24.1 Å². The number of alkyl halides is 2. The van der Waals surface area contributed by atoms with Crippen LogP contribution in [0.3, 0.4) is 0 Å². The zero-order valence-electron chi connectivity index (χ0n) is 31.2. The van der Waals surface area contributed by atoms with Crippen LogP contribution in [0.15, 0.2) is 24.3 Å². The number of benzene rings is 2. The average molecular weight is 1030 g/mol. The molecule has 0 saturated heterocycles. The summed E-state index contributed by atoms with van der Waals surface area (Å²) in [6.45, 7) is 10.3. The molecule has 0 spiro atoms. The summed E-state index contributed by atoms with van der Waals surface area (Å²) in [6, 6.07) is 9.66. The zero-order valence-corrected chi connectivity index (χ0v) is 41.5. The molecule has 4 saturated carbocycles. The fourth-order valence-corrected chi connectivity index (χ4v) is 16.4. The van der Waals surface area contributed by atoms with E-state index in [9.17, 15) is 0 Å². The van der Waals surface area contributed by atoms with Gasteiger partial charge in [0.05, 0.1) is 0 Å². The maximum absolute atomic E-state index is 5.67.